The molecule has 0 aliphatic heterocycles. The van der Waals surface area contributed by atoms with Crippen LogP contribution in [0.1, 0.15) is 0 Å². The van der Waals surface area contributed by atoms with Crippen molar-refractivity contribution < 1.29 is 0 Å². The van der Waals surface area contributed by atoms with Gasteiger partial charge in [0, 0.05) is 0 Å². The van der Waals surface area contributed by atoms with Gasteiger partial charge in [0.1, 0.15) is 0 Å². The predicted octanol–water partition coefficient (Wildman–Crippen LogP) is 1.71. The van der Waals surface area contributed by atoms with Crippen LogP contribution in [0, 0.1) is 0 Å². The Hall–Kier alpha value is 1.20. The van der Waals surface area contributed by atoms with Gasteiger partial charge in [-0.1, -0.05) is 23.9 Å². The zero-order chi connectivity index (χ0) is 3.58. The van der Waals surface area contributed by atoms with Gasteiger partial charge in [-0.2, -0.15) is 0 Å². The molecule has 0 N–H and O–H groups in total. The predicted molar refractivity (Wildman–Crippen MR) is 42.3 cm³/mol. The fourth-order valence-electron chi connectivity index (χ4n) is 0. The van der Waals surface area contributed by atoms with Gasteiger partial charge < -0.3 is 0 Å². The Morgan fingerprint density at radius 3 is 1.50 bits per heavy atom. The Balaban J connectivity index is 3.51. The minimum absolute atomic E-state index is 0.793. The summed E-state index contributed by atoms with van der Waals surface area (Å²) in [5, 5.41) is 0. The fourth-order valence-corrected chi connectivity index (χ4v) is 0. The lowest BCUT2D eigenvalue weighted by Gasteiger charge is -1.48. The zero-order valence-corrected chi connectivity index (χ0v) is 6.49. The molecule has 0 aromatic heterocycles. The van der Waals surface area contributed by atoms with Crippen LogP contribution in [0.2, 0.25) is 0 Å². The molecule has 0 bridgehead atoms. The van der Waals surface area contributed by atoms with Gasteiger partial charge in [0.25, 0.3) is 0 Å². The largest absolute Gasteiger partial charge is 0.0974 e. The molecule has 0 rings (SSSR count). The SMILES string of the molecule is C=I(=C)I. The molecule has 0 spiro atoms. The van der Waals surface area contributed by atoms with E-state index in [0.29, 0.717) is 0 Å². The van der Waals surface area contributed by atoms with Crippen molar-refractivity contribution in [3.63, 3.8) is 0 Å². The molecule has 0 amide bonds. The van der Waals surface area contributed by atoms with E-state index in [9.17, 15) is 0 Å². The molecule has 0 saturated heterocycles. The Kier molecular flexibility index (Phi) is 3.17. The third kappa shape index (κ3) is 10.8. The molecule has 0 aromatic rings. The molecule has 0 aromatic carbocycles. The van der Waals surface area contributed by atoms with Crippen LogP contribution in [0.5, 0.6) is 0 Å². The van der Waals surface area contributed by atoms with Crippen LogP contribution in [0.15, 0.2) is 0 Å². The monoisotopic (exact) mass is 282 g/mol. The van der Waals surface area contributed by atoms with E-state index in [2.05, 4.69) is 27.6 Å². The molecule has 0 unspecified atom stereocenters. The van der Waals surface area contributed by atoms with Crippen LogP contribution in [-0.2, 0) is 0 Å². The number of halogens is 2. The average molecular weight is 282 g/mol. The smallest absolute Gasteiger partial charge is 0.0140 e. The Bertz CT molecular complexity index is 52.4. The zero-order valence-electron chi connectivity index (χ0n) is 2.17. The van der Waals surface area contributed by atoms with E-state index < -0.39 is 14.9 Å². The van der Waals surface area contributed by atoms with Crippen molar-refractivity contribution in [1.29, 1.82) is 0 Å². The van der Waals surface area contributed by atoms with Crippen molar-refractivity contribution in [1.82, 2.24) is 0 Å². The maximum atomic E-state index is 3.67. The van der Waals surface area contributed by atoms with Gasteiger partial charge in [-0.15, -0.1) is 0 Å². The molecule has 26 valence electrons. The van der Waals surface area contributed by atoms with Crippen molar-refractivity contribution in [2.24, 2.45) is 0 Å². The van der Waals surface area contributed by atoms with Gasteiger partial charge >= 0.3 is 0 Å². The van der Waals surface area contributed by atoms with Crippen LogP contribution in [-0.4, -0.2) is 9.03 Å². The van der Waals surface area contributed by atoms with E-state index in [1.807, 2.05) is 0 Å². The summed E-state index contributed by atoms with van der Waals surface area (Å²) < 4.78 is 7.34. The summed E-state index contributed by atoms with van der Waals surface area (Å²) in [6.45, 7) is 0. The Labute approximate surface area is 42.1 Å². The summed E-state index contributed by atoms with van der Waals surface area (Å²) in [4.78, 5) is 0. The normalized spacial score (nSPS) is 8.50. The quantitative estimate of drug-likeness (QED) is 0.593. The van der Waals surface area contributed by atoms with Gasteiger partial charge in [0.15, 0.2) is 0 Å². The van der Waals surface area contributed by atoms with Gasteiger partial charge in [-0.05, 0) is 18.6 Å². The lowest BCUT2D eigenvalue weighted by molar-refractivity contribution is 4.90. The van der Waals surface area contributed by atoms with E-state index in [1.54, 1.807) is 0 Å². The van der Waals surface area contributed by atoms with E-state index >= 15 is 0 Å². The van der Waals surface area contributed by atoms with Crippen LogP contribution in [0.4, 0.5) is 0 Å². The molecular formula is C2H4I2. The lowest BCUT2D eigenvalue weighted by atomic mass is 12.0. The molecule has 4 heavy (non-hydrogen) atoms. The van der Waals surface area contributed by atoms with Crippen LogP contribution in [0.25, 0.3) is 0 Å². The fraction of sp³-hybridized carbons (Fsp3) is 0. The highest BCUT2D eigenvalue weighted by Gasteiger charge is 1.35. The molecule has 0 saturated carbocycles. The number of rotatable bonds is 0. The first kappa shape index (κ1) is 5.20. The van der Waals surface area contributed by atoms with Crippen molar-refractivity contribution in [3.05, 3.63) is 0 Å². The summed E-state index contributed by atoms with van der Waals surface area (Å²) in [5.41, 5.74) is 0. The topological polar surface area (TPSA) is 0 Å². The molecule has 0 atom stereocenters. The second-order valence-corrected chi connectivity index (χ2v) is 10.4. The van der Waals surface area contributed by atoms with Crippen molar-refractivity contribution in [2.45, 2.75) is 0 Å². The van der Waals surface area contributed by atoms with Crippen LogP contribution >= 0.6 is 33.5 Å². The molecule has 0 fully saturated rings. The summed E-state index contributed by atoms with van der Waals surface area (Å²) in [5.74, 6) is 0. The second kappa shape index (κ2) is 2.44. The summed E-state index contributed by atoms with van der Waals surface area (Å²) in [7, 11) is 0. The van der Waals surface area contributed by atoms with E-state index in [4.69, 9.17) is 0 Å². The maximum Gasteiger partial charge on any atom is -0.0140 e. The highest BCUT2D eigenvalue weighted by Crippen LogP contribution is 2.12. The van der Waals surface area contributed by atoms with Crippen molar-refractivity contribution in [2.75, 3.05) is 0 Å². The Morgan fingerprint density at radius 1 is 1.50 bits per heavy atom. The first-order chi connectivity index (χ1) is 1.73. The summed E-state index contributed by atoms with van der Waals surface area (Å²) in [6.07, 6.45) is 0. The summed E-state index contributed by atoms with van der Waals surface area (Å²) in [6, 6.07) is 0. The van der Waals surface area contributed by atoms with Gasteiger partial charge in [0.05, 0.1) is 0 Å². The van der Waals surface area contributed by atoms with E-state index in [-0.39, 0.29) is 0 Å². The molecule has 0 aliphatic rings. The molecule has 0 nitrogen and oxygen atoms in total. The molecule has 2 heteroatoms. The molecule has 0 aliphatic carbocycles. The minimum Gasteiger partial charge on any atom is -0.0974 e. The highest BCUT2D eigenvalue weighted by atomic mass is 128. The third-order valence-electron chi connectivity index (χ3n) is 0. The van der Waals surface area contributed by atoms with Crippen molar-refractivity contribution >= 4 is 42.5 Å². The molecular weight excluding hydrogens is 278 g/mol. The number of hydrogen-bond donors (Lipinski definition) is 0. The number of hydrogen-bond acceptors (Lipinski definition) is 0. The maximum absolute atomic E-state index is 3.67. The summed E-state index contributed by atoms with van der Waals surface area (Å²) >= 11 is 1.48. The first-order valence-corrected chi connectivity index (χ1v) is 10.0. The third-order valence-corrected chi connectivity index (χ3v) is 0. The lowest BCUT2D eigenvalue weighted by Crippen LogP contribution is -1.01. The van der Waals surface area contributed by atoms with E-state index in [1.165, 1.54) is 0 Å². The van der Waals surface area contributed by atoms with Gasteiger partial charge in [-0.25, -0.2) is 0 Å². The molecule has 0 radical (unpaired) electrons. The standard InChI is InChI=1S/C2H4I2/c1-4(2)3/h1-2H2. The average Bonchev–Trinajstić information content (AvgIpc) is 0.811. The van der Waals surface area contributed by atoms with E-state index in [0.717, 1.165) is 0 Å². The van der Waals surface area contributed by atoms with Crippen molar-refractivity contribution in [3.8, 4) is 0 Å². The first-order valence-electron chi connectivity index (χ1n) is 0.677. The highest BCUT2D eigenvalue weighted by molar-refractivity contribution is 15.1. The Morgan fingerprint density at radius 2 is 1.50 bits per heavy atom. The second-order valence-electron chi connectivity index (χ2n) is 0.391. The van der Waals surface area contributed by atoms with Gasteiger partial charge in [0.2, 0.25) is 0 Å². The van der Waals surface area contributed by atoms with Crippen LogP contribution in [0.3, 0.4) is 0 Å². The minimum atomic E-state index is -0.793. The van der Waals surface area contributed by atoms with Gasteiger partial charge in [-0.3, -0.25) is 0 Å². The van der Waals surface area contributed by atoms with Crippen LogP contribution < -0.4 is 0 Å². The molecule has 0 heterocycles.